The predicted octanol–water partition coefficient (Wildman–Crippen LogP) is 0.182. The molecule has 20 heavy (non-hydrogen) atoms. The lowest BCUT2D eigenvalue weighted by Crippen LogP contribution is -2.47. The number of carbonyl (C=O) groups excluding carboxylic acids is 1. The average Bonchev–Trinajstić information content (AvgIpc) is 2.30. The van der Waals surface area contributed by atoms with Crippen molar-refractivity contribution in [2.75, 3.05) is 30.9 Å². The van der Waals surface area contributed by atoms with Gasteiger partial charge in [-0.2, -0.15) is 11.8 Å². The maximum atomic E-state index is 12.0. The van der Waals surface area contributed by atoms with Crippen LogP contribution in [0.5, 0.6) is 0 Å². The summed E-state index contributed by atoms with van der Waals surface area (Å²) in [5.41, 5.74) is 0. The van der Waals surface area contributed by atoms with E-state index in [1.165, 1.54) is 0 Å². The molecule has 6 nitrogen and oxygen atoms in total. The summed E-state index contributed by atoms with van der Waals surface area (Å²) in [6.45, 7) is 4.55. The summed E-state index contributed by atoms with van der Waals surface area (Å²) in [7, 11) is -3.40. The lowest BCUT2D eigenvalue weighted by atomic mass is 10.0. The monoisotopic (exact) mass is 326 g/mol. The van der Waals surface area contributed by atoms with Gasteiger partial charge in [-0.25, -0.2) is 13.1 Å². The number of hydrogen-bond acceptors (Lipinski definition) is 5. The fourth-order valence-corrected chi connectivity index (χ4v) is 3.08. The molecule has 0 saturated heterocycles. The molecule has 1 unspecified atom stereocenters. The number of rotatable bonds is 11. The van der Waals surface area contributed by atoms with E-state index in [9.17, 15) is 13.2 Å². The summed E-state index contributed by atoms with van der Waals surface area (Å²) >= 11 is 1.65. The fourth-order valence-electron chi connectivity index (χ4n) is 1.58. The molecule has 0 rings (SSSR count). The van der Waals surface area contributed by atoms with Crippen LogP contribution in [-0.2, 0) is 14.8 Å². The molecule has 0 aromatic carbocycles. The van der Waals surface area contributed by atoms with Crippen LogP contribution in [0.15, 0.2) is 0 Å². The molecule has 0 aromatic rings. The largest absolute Gasteiger partial charge is 0.396 e. The van der Waals surface area contributed by atoms with E-state index in [2.05, 4.69) is 10.0 Å². The van der Waals surface area contributed by atoms with Crippen LogP contribution in [0.1, 0.15) is 26.7 Å². The molecule has 0 aromatic heterocycles. The molecule has 0 saturated carbocycles. The Balaban J connectivity index is 4.14. The summed E-state index contributed by atoms with van der Waals surface area (Å²) in [6.07, 6.45) is 2.26. The number of carbonyl (C=O) groups is 1. The van der Waals surface area contributed by atoms with Crippen LogP contribution in [-0.4, -0.2) is 56.4 Å². The number of nitrogens with one attached hydrogen (secondary N) is 2. The Hall–Kier alpha value is -0.310. The number of aliphatic hydroxyl groups is 1. The number of aliphatic hydroxyl groups excluding tert-OH is 1. The first kappa shape index (κ1) is 19.7. The molecule has 0 aliphatic carbocycles. The fraction of sp³-hybridized carbons (Fsp3) is 0.917. The van der Waals surface area contributed by atoms with Gasteiger partial charge in [-0.1, -0.05) is 13.8 Å². The minimum Gasteiger partial charge on any atom is -0.396 e. The quantitative estimate of drug-likeness (QED) is 0.471. The van der Waals surface area contributed by atoms with Gasteiger partial charge in [0.15, 0.2) is 0 Å². The number of amides is 1. The molecular weight excluding hydrogens is 300 g/mol. The van der Waals surface area contributed by atoms with Gasteiger partial charge in [-0.3, -0.25) is 4.79 Å². The Morgan fingerprint density at radius 2 is 1.95 bits per heavy atom. The molecule has 1 atom stereocenters. The summed E-state index contributed by atoms with van der Waals surface area (Å²) in [5, 5.41) is 11.4. The van der Waals surface area contributed by atoms with Gasteiger partial charge in [-0.15, -0.1) is 0 Å². The van der Waals surface area contributed by atoms with Crippen molar-refractivity contribution in [1.82, 2.24) is 10.0 Å². The molecule has 3 N–H and O–H groups in total. The second kappa shape index (κ2) is 10.4. The highest BCUT2D eigenvalue weighted by Gasteiger charge is 2.22. The van der Waals surface area contributed by atoms with E-state index < -0.39 is 16.1 Å². The predicted molar refractivity (Wildman–Crippen MR) is 83.3 cm³/mol. The lowest BCUT2D eigenvalue weighted by Gasteiger charge is -2.19. The third-order valence-electron chi connectivity index (χ3n) is 2.37. The Bertz CT molecular complexity index is 372. The number of thioether (sulfide) groups is 1. The van der Waals surface area contributed by atoms with E-state index >= 15 is 0 Å². The normalized spacial score (nSPS) is 13.4. The molecule has 0 bridgehead atoms. The van der Waals surface area contributed by atoms with Crippen molar-refractivity contribution >= 4 is 27.7 Å². The highest BCUT2D eigenvalue weighted by atomic mass is 32.2. The van der Waals surface area contributed by atoms with Gasteiger partial charge in [0, 0.05) is 18.9 Å². The van der Waals surface area contributed by atoms with E-state index in [0.29, 0.717) is 13.0 Å². The van der Waals surface area contributed by atoms with E-state index in [1.807, 2.05) is 13.8 Å². The highest BCUT2D eigenvalue weighted by molar-refractivity contribution is 7.99. The van der Waals surface area contributed by atoms with Crippen molar-refractivity contribution in [3.63, 3.8) is 0 Å². The molecule has 0 heterocycles. The van der Waals surface area contributed by atoms with Crippen molar-refractivity contribution in [3.8, 4) is 0 Å². The topological polar surface area (TPSA) is 95.5 Å². The summed E-state index contributed by atoms with van der Waals surface area (Å²) in [4.78, 5) is 12.0. The third-order valence-corrected chi connectivity index (χ3v) is 4.16. The van der Waals surface area contributed by atoms with Crippen molar-refractivity contribution in [3.05, 3.63) is 0 Å². The van der Waals surface area contributed by atoms with Gasteiger partial charge < -0.3 is 10.4 Å². The first-order valence-corrected chi connectivity index (χ1v) is 9.74. The minimum atomic E-state index is -3.40. The van der Waals surface area contributed by atoms with E-state index in [4.69, 9.17) is 5.11 Å². The minimum absolute atomic E-state index is 0.175. The molecule has 0 spiro atoms. The van der Waals surface area contributed by atoms with Gasteiger partial charge >= 0.3 is 0 Å². The Kier molecular flexibility index (Phi) is 10.3. The zero-order valence-corrected chi connectivity index (χ0v) is 14.0. The highest BCUT2D eigenvalue weighted by Crippen LogP contribution is 2.06. The molecule has 120 valence electrons. The molecular formula is C12H26N2O4S2. The van der Waals surface area contributed by atoms with Gasteiger partial charge in [0.05, 0.1) is 6.26 Å². The molecule has 1 amide bonds. The van der Waals surface area contributed by atoms with E-state index in [1.54, 1.807) is 11.8 Å². The summed E-state index contributed by atoms with van der Waals surface area (Å²) in [6, 6.07) is -0.715. The van der Waals surface area contributed by atoms with Gasteiger partial charge in [0.25, 0.3) is 0 Å². The third kappa shape index (κ3) is 11.5. The SMILES string of the molecule is CC(C)CC(NS(C)(=O)=O)C(=O)NCCSCCCO. The molecule has 0 fully saturated rings. The van der Waals surface area contributed by atoms with Crippen LogP contribution < -0.4 is 10.0 Å². The molecule has 0 aliphatic heterocycles. The van der Waals surface area contributed by atoms with E-state index in [-0.39, 0.29) is 18.4 Å². The smallest absolute Gasteiger partial charge is 0.238 e. The second-order valence-corrected chi connectivity index (χ2v) is 8.06. The Labute approximate surface area is 126 Å². The summed E-state index contributed by atoms with van der Waals surface area (Å²) < 4.78 is 24.9. The Morgan fingerprint density at radius 3 is 2.45 bits per heavy atom. The molecule has 0 aliphatic rings. The second-order valence-electron chi connectivity index (χ2n) is 5.05. The number of sulfonamides is 1. The van der Waals surface area contributed by atoms with Crippen molar-refractivity contribution in [2.24, 2.45) is 5.92 Å². The zero-order chi connectivity index (χ0) is 15.6. The Morgan fingerprint density at radius 1 is 1.30 bits per heavy atom. The maximum Gasteiger partial charge on any atom is 0.238 e. The van der Waals surface area contributed by atoms with Crippen LogP contribution in [0.2, 0.25) is 0 Å². The van der Waals surface area contributed by atoms with Crippen LogP contribution in [0.3, 0.4) is 0 Å². The molecule has 8 heteroatoms. The van der Waals surface area contributed by atoms with Crippen LogP contribution >= 0.6 is 11.8 Å². The van der Waals surface area contributed by atoms with Crippen LogP contribution in [0.4, 0.5) is 0 Å². The van der Waals surface area contributed by atoms with Crippen molar-refractivity contribution in [2.45, 2.75) is 32.7 Å². The van der Waals surface area contributed by atoms with Gasteiger partial charge in [-0.05, 0) is 24.5 Å². The van der Waals surface area contributed by atoms with Crippen molar-refractivity contribution < 1.29 is 18.3 Å². The summed E-state index contributed by atoms with van der Waals surface area (Å²) in [5.74, 6) is 1.54. The standard InChI is InChI=1S/C12H26N2O4S2/c1-10(2)9-11(14-20(3,17)18)12(16)13-5-8-19-7-4-6-15/h10-11,14-15H,4-9H2,1-3H3,(H,13,16). The molecule has 0 radical (unpaired) electrons. The maximum absolute atomic E-state index is 12.0. The van der Waals surface area contributed by atoms with Gasteiger partial charge in [0.2, 0.25) is 15.9 Å². The number of hydrogen-bond donors (Lipinski definition) is 3. The first-order valence-electron chi connectivity index (χ1n) is 6.70. The van der Waals surface area contributed by atoms with E-state index in [0.717, 1.165) is 24.2 Å². The zero-order valence-electron chi connectivity index (χ0n) is 12.4. The average molecular weight is 326 g/mol. The van der Waals surface area contributed by atoms with Crippen LogP contribution in [0.25, 0.3) is 0 Å². The first-order chi connectivity index (χ1) is 9.26. The van der Waals surface area contributed by atoms with Crippen molar-refractivity contribution in [1.29, 1.82) is 0 Å². The lowest BCUT2D eigenvalue weighted by molar-refractivity contribution is -0.122. The van der Waals surface area contributed by atoms with Crippen LogP contribution in [0, 0.1) is 5.92 Å². The van der Waals surface area contributed by atoms with Gasteiger partial charge in [0.1, 0.15) is 6.04 Å².